The van der Waals surface area contributed by atoms with E-state index < -0.39 is 0 Å². The molecule has 1 saturated heterocycles. The normalized spacial score (nSPS) is 14.1. The molecule has 0 bridgehead atoms. The Kier molecular flexibility index (Phi) is 6.99. The molecule has 1 fully saturated rings. The molecule has 1 aliphatic heterocycles. The van der Waals surface area contributed by atoms with E-state index in [1.165, 1.54) is 0 Å². The van der Waals surface area contributed by atoms with E-state index in [0.29, 0.717) is 54.1 Å². The van der Waals surface area contributed by atoms with Crippen molar-refractivity contribution in [3.05, 3.63) is 64.9 Å². The molecule has 7 nitrogen and oxygen atoms in total. The number of ether oxygens (including phenoxy) is 2. The van der Waals surface area contributed by atoms with Gasteiger partial charge in [0.1, 0.15) is 11.5 Å². The minimum absolute atomic E-state index is 0.0230. The maximum Gasteiger partial charge on any atom is 0.263 e. The molecular formula is C25H27ClN4O3. The Morgan fingerprint density at radius 3 is 2.52 bits per heavy atom. The van der Waals surface area contributed by atoms with E-state index in [-0.39, 0.29) is 11.8 Å². The van der Waals surface area contributed by atoms with E-state index in [1.807, 2.05) is 44.2 Å². The number of carbonyl (C=O) groups excluding carboxylic acids is 1. The number of anilines is 2. The molecule has 1 aromatic heterocycles. The zero-order valence-electron chi connectivity index (χ0n) is 19.0. The van der Waals surface area contributed by atoms with Gasteiger partial charge in [-0.2, -0.15) is 0 Å². The zero-order chi connectivity index (χ0) is 23.4. The SMILES string of the molecule is COc1cc(Cl)c(C)cc1NC(=O)C1CCN(c2nccnc2Oc2ccccc2C)CC1. The van der Waals surface area contributed by atoms with E-state index >= 15 is 0 Å². The summed E-state index contributed by atoms with van der Waals surface area (Å²) < 4.78 is 11.5. The van der Waals surface area contributed by atoms with Crippen LogP contribution in [0, 0.1) is 19.8 Å². The standard InChI is InChI=1S/C25H27ClN4O3/c1-16-6-4-5-7-21(16)33-25-23(27-10-11-28-25)30-12-8-18(9-13-30)24(31)29-20-14-17(2)19(26)15-22(20)32-3/h4-7,10-11,14-15,18H,8-9,12-13H2,1-3H3,(H,29,31). The van der Waals surface area contributed by atoms with Gasteiger partial charge in [-0.15, -0.1) is 0 Å². The molecule has 0 radical (unpaired) electrons. The number of aromatic nitrogens is 2. The summed E-state index contributed by atoms with van der Waals surface area (Å²) in [5, 5.41) is 3.61. The third kappa shape index (κ3) is 5.20. The van der Waals surface area contributed by atoms with Gasteiger partial charge >= 0.3 is 0 Å². The van der Waals surface area contributed by atoms with E-state index in [4.69, 9.17) is 21.1 Å². The number of hydrogen-bond donors (Lipinski definition) is 1. The summed E-state index contributed by atoms with van der Waals surface area (Å²) in [5.74, 6) is 2.32. The van der Waals surface area contributed by atoms with E-state index in [1.54, 1.807) is 25.6 Å². The summed E-state index contributed by atoms with van der Waals surface area (Å²) in [5.41, 5.74) is 2.54. The van der Waals surface area contributed by atoms with E-state index in [0.717, 1.165) is 16.9 Å². The van der Waals surface area contributed by atoms with Crippen molar-refractivity contribution in [1.82, 2.24) is 9.97 Å². The maximum atomic E-state index is 12.9. The number of amides is 1. The van der Waals surface area contributed by atoms with Crippen molar-refractivity contribution in [2.24, 2.45) is 5.92 Å². The molecular weight excluding hydrogens is 440 g/mol. The lowest BCUT2D eigenvalue weighted by molar-refractivity contribution is -0.120. The van der Waals surface area contributed by atoms with E-state index in [9.17, 15) is 4.79 Å². The van der Waals surface area contributed by atoms with Gasteiger partial charge in [-0.25, -0.2) is 9.97 Å². The molecule has 1 amide bonds. The van der Waals surface area contributed by atoms with Crippen LogP contribution in [-0.4, -0.2) is 36.1 Å². The average molecular weight is 467 g/mol. The van der Waals surface area contributed by atoms with Gasteiger partial charge < -0.3 is 19.7 Å². The van der Waals surface area contributed by atoms with Crippen LogP contribution in [-0.2, 0) is 4.79 Å². The molecule has 0 saturated carbocycles. The molecule has 33 heavy (non-hydrogen) atoms. The number of methoxy groups -OCH3 is 1. The second-order valence-electron chi connectivity index (χ2n) is 8.10. The van der Waals surface area contributed by atoms with Crippen LogP contribution >= 0.6 is 11.6 Å². The topological polar surface area (TPSA) is 76.6 Å². The fraction of sp³-hybridized carbons (Fsp3) is 0.320. The monoisotopic (exact) mass is 466 g/mol. The van der Waals surface area contributed by atoms with Gasteiger partial charge in [0, 0.05) is 42.5 Å². The van der Waals surface area contributed by atoms with Crippen LogP contribution in [0.5, 0.6) is 17.4 Å². The van der Waals surface area contributed by atoms with Crippen molar-refractivity contribution in [1.29, 1.82) is 0 Å². The average Bonchev–Trinajstić information content (AvgIpc) is 2.83. The summed E-state index contributed by atoms with van der Waals surface area (Å²) in [6, 6.07) is 11.4. The summed E-state index contributed by atoms with van der Waals surface area (Å²) in [4.78, 5) is 24.0. The molecule has 172 valence electrons. The summed E-state index contributed by atoms with van der Waals surface area (Å²) in [7, 11) is 1.56. The maximum absolute atomic E-state index is 12.9. The Labute approximate surface area is 198 Å². The molecule has 2 heterocycles. The van der Waals surface area contributed by atoms with Crippen molar-refractivity contribution in [2.75, 3.05) is 30.4 Å². The fourth-order valence-corrected chi connectivity index (χ4v) is 4.05. The highest BCUT2D eigenvalue weighted by Gasteiger charge is 2.28. The first-order valence-electron chi connectivity index (χ1n) is 10.9. The first kappa shape index (κ1) is 22.9. The largest absolute Gasteiger partial charge is 0.495 e. The summed E-state index contributed by atoms with van der Waals surface area (Å²) >= 11 is 6.18. The molecule has 8 heteroatoms. The van der Waals surface area contributed by atoms with Gasteiger partial charge in [0.25, 0.3) is 5.88 Å². The third-order valence-electron chi connectivity index (χ3n) is 5.85. The number of nitrogens with one attached hydrogen (secondary N) is 1. The van der Waals surface area contributed by atoms with Crippen LogP contribution in [0.2, 0.25) is 5.02 Å². The highest BCUT2D eigenvalue weighted by Crippen LogP contribution is 2.34. The van der Waals surface area contributed by atoms with Crippen molar-refractivity contribution < 1.29 is 14.3 Å². The number of rotatable bonds is 6. The van der Waals surface area contributed by atoms with Crippen molar-refractivity contribution in [3.8, 4) is 17.4 Å². The Hall–Kier alpha value is -3.32. The minimum Gasteiger partial charge on any atom is -0.495 e. The molecule has 0 unspecified atom stereocenters. The van der Waals surface area contributed by atoms with Gasteiger partial charge in [-0.3, -0.25) is 4.79 Å². The number of piperidine rings is 1. The molecule has 1 aliphatic rings. The second kappa shape index (κ2) is 10.1. The molecule has 0 aliphatic carbocycles. The highest BCUT2D eigenvalue weighted by molar-refractivity contribution is 6.31. The van der Waals surface area contributed by atoms with Crippen molar-refractivity contribution >= 4 is 29.0 Å². The minimum atomic E-state index is -0.112. The molecule has 3 aromatic rings. The summed E-state index contributed by atoms with van der Waals surface area (Å²) in [6.07, 6.45) is 4.68. The van der Waals surface area contributed by atoms with Gasteiger partial charge in [0.15, 0.2) is 5.82 Å². The third-order valence-corrected chi connectivity index (χ3v) is 6.26. The number of hydrogen-bond acceptors (Lipinski definition) is 6. The molecule has 1 N–H and O–H groups in total. The van der Waals surface area contributed by atoms with Crippen LogP contribution in [0.25, 0.3) is 0 Å². The predicted molar refractivity (Wildman–Crippen MR) is 130 cm³/mol. The Morgan fingerprint density at radius 2 is 1.79 bits per heavy atom. The lowest BCUT2D eigenvalue weighted by atomic mass is 9.95. The van der Waals surface area contributed by atoms with Crippen LogP contribution in [0.3, 0.4) is 0 Å². The Bertz CT molecular complexity index is 1150. The van der Waals surface area contributed by atoms with Gasteiger partial charge in [-0.05, 0) is 49.9 Å². The van der Waals surface area contributed by atoms with Gasteiger partial charge in [-0.1, -0.05) is 29.8 Å². The molecule has 0 spiro atoms. The number of para-hydroxylation sites is 1. The molecule has 0 atom stereocenters. The number of nitrogens with zero attached hydrogens (tertiary/aromatic N) is 3. The number of halogens is 1. The smallest absolute Gasteiger partial charge is 0.263 e. The van der Waals surface area contributed by atoms with Crippen LogP contribution in [0.1, 0.15) is 24.0 Å². The van der Waals surface area contributed by atoms with Gasteiger partial charge in [0.2, 0.25) is 5.91 Å². The lowest BCUT2D eigenvalue weighted by Gasteiger charge is -2.32. The fourth-order valence-electron chi connectivity index (χ4n) is 3.90. The quantitative estimate of drug-likeness (QED) is 0.524. The number of aryl methyl sites for hydroxylation is 2. The predicted octanol–water partition coefficient (Wildman–Crippen LogP) is 5.40. The summed E-state index contributed by atoms with van der Waals surface area (Å²) in [6.45, 7) is 5.25. The van der Waals surface area contributed by atoms with Crippen LogP contribution in [0.15, 0.2) is 48.8 Å². The number of benzene rings is 2. The highest BCUT2D eigenvalue weighted by atomic mass is 35.5. The molecule has 2 aromatic carbocycles. The van der Waals surface area contributed by atoms with Gasteiger partial charge in [0.05, 0.1) is 12.8 Å². The van der Waals surface area contributed by atoms with E-state index in [2.05, 4.69) is 20.2 Å². The first-order chi connectivity index (χ1) is 16.0. The van der Waals surface area contributed by atoms with Crippen LogP contribution in [0.4, 0.5) is 11.5 Å². The molecule has 4 rings (SSSR count). The van der Waals surface area contributed by atoms with Crippen molar-refractivity contribution in [2.45, 2.75) is 26.7 Å². The second-order valence-corrected chi connectivity index (χ2v) is 8.51. The Morgan fingerprint density at radius 1 is 1.06 bits per heavy atom. The zero-order valence-corrected chi connectivity index (χ0v) is 19.7. The Balaban J connectivity index is 1.42. The van der Waals surface area contributed by atoms with Crippen molar-refractivity contribution in [3.63, 3.8) is 0 Å². The lowest BCUT2D eigenvalue weighted by Crippen LogP contribution is -2.38. The number of carbonyl (C=O) groups is 1. The van der Waals surface area contributed by atoms with Crippen LogP contribution < -0.4 is 19.7 Å². The first-order valence-corrected chi connectivity index (χ1v) is 11.3.